The third-order valence-corrected chi connectivity index (χ3v) is 12.9. The number of aromatic nitrogens is 4. The van der Waals surface area contributed by atoms with Crippen molar-refractivity contribution in [2.45, 2.75) is 25.2 Å². The van der Waals surface area contributed by atoms with Crippen LogP contribution in [0.5, 0.6) is 0 Å². The first kappa shape index (κ1) is 44.7. The molecular weight excluding hydrogens is 915 g/mol. The molecule has 0 unspecified atom stereocenters. The zero-order valence-corrected chi connectivity index (χ0v) is 38.4. The van der Waals surface area contributed by atoms with E-state index in [-0.39, 0.29) is 12.1 Å². The van der Waals surface area contributed by atoms with E-state index < -0.39 is 0 Å². The van der Waals surface area contributed by atoms with Crippen molar-refractivity contribution in [3.8, 4) is 11.4 Å². The lowest BCUT2D eigenvalue weighted by Crippen LogP contribution is -2.48. The quantitative estimate of drug-likeness (QED) is 0.145. The Balaban J connectivity index is 0.000000174. The van der Waals surface area contributed by atoms with Gasteiger partial charge in [-0.15, -0.1) is 10.2 Å². The summed E-state index contributed by atoms with van der Waals surface area (Å²) < 4.78 is 0. The molecule has 2 aliphatic rings. The van der Waals surface area contributed by atoms with Crippen LogP contribution in [-0.2, 0) is 13.1 Å². The molecule has 63 heavy (non-hydrogen) atoms. The van der Waals surface area contributed by atoms with Crippen LogP contribution in [0.15, 0.2) is 133 Å². The van der Waals surface area contributed by atoms with Crippen molar-refractivity contribution in [2.75, 3.05) is 49.1 Å². The Kier molecular flexibility index (Phi) is 14.7. The first-order chi connectivity index (χ1) is 30.6. The summed E-state index contributed by atoms with van der Waals surface area (Å²) in [4.78, 5) is 13.1. The van der Waals surface area contributed by atoms with E-state index in [2.05, 4.69) is 81.5 Å². The molecule has 320 valence electrons. The first-order valence-electron chi connectivity index (χ1n) is 20.3. The molecule has 9 nitrogen and oxygen atoms in total. The molecule has 15 heteroatoms. The van der Waals surface area contributed by atoms with Gasteiger partial charge in [-0.05, 0) is 88.1 Å². The molecule has 6 aromatic carbocycles. The van der Waals surface area contributed by atoms with E-state index >= 15 is 0 Å². The summed E-state index contributed by atoms with van der Waals surface area (Å²) >= 11 is 37.7. The predicted octanol–water partition coefficient (Wildman–Crippen LogP) is 13.2. The molecule has 3 heterocycles. The van der Waals surface area contributed by atoms with Crippen LogP contribution < -0.4 is 9.80 Å². The Morgan fingerprint density at radius 3 is 1.40 bits per heavy atom. The minimum atomic E-state index is 0.133. The van der Waals surface area contributed by atoms with Gasteiger partial charge in [-0.25, -0.2) is 4.85 Å². The molecule has 0 bridgehead atoms. The fraction of sp³-hybridized carbons (Fsp3) is 0.208. The third-order valence-electron chi connectivity index (χ3n) is 11.3. The lowest BCUT2D eigenvalue weighted by atomic mass is 10.0. The van der Waals surface area contributed by atoms with Crippen LogP contribution in [0.25, 0.3) is 16.2 Å². The molecule has 2 fully saturated rings. The number of halogens is 6. The average molecular weight is 957 g/mol. The van der Waals surface area contributed by atoms with Gasteiger partial charge in [-0.2, -0.15) is 5.21 Å². The number of rotatable bonds is 9. The fourth-order valence-corrected chi connectivity index (χ4v) is 9.43. The Morgan fingerprint density at radius 2 is 0.984 bits per heavy atom. The summed E-state index contributed by atoms with van der Waals surface area (Å²) in [5.74, 6) is 0.595. The molecule has 2 atom stereocenters. The van der Waals surface area contributed by atoms with E-state index in [9.17, 15) is 0 Å². The highest BCUT2D eigenvalue weighted by Crippen LogP contribution is 2.39. The van der Waals surface area contributed by atoms with Gasteiger partial charge >= 0.3 is 0 Å². The third kappa shape index (κ3) is 11.3. The second kappa shape index (κ2) is 20.8. The van der Waals surface area contributed by atoms with Gasteiger partial charge in [-0.3, -0.25) is 9.80 Å². The van der Waals surface area contributed by atoms with Crippen LogP contribution in [0.1, 0.15) is 34.3 Å². The SMILES string of the molecule is Clc1ccc([C@@H]2CN(Cc3ccc(-c4nn[nH]n4)cc3)CCN2c2ccc(Cl)cc2Cl)cc1.[C-]#[N+]c1ccc(CN2CCN(c3ccc(Cl)cc3Cl)[C@H](c3ccc(Cl)cc3)C2)cc1. The molecule has 1 N–H and O–H groups in total. The minimum absolute atomic E-state index is 0.133. The molecule has 0 spiro atoms. The Bertz CT molecular complexity index is 2640. The molecule has 0 radical (unpaired) electrons. The number of aromatic amines is 1. The first-order valence-corrected chi connectivity index (χ1v) is 22.5. The number of nitrogens with one attached hydrogen (secondary N) is 1. The Hall–Kier alpha value is -4.86. The number of piperazine rings is 2. The molecular formula is C48H41Cl6N9. The van der Waals surface area contributed by atoms with Crippen molar-refractivity contribution >= 4 is 86.7 Å². The second-order valence-corrected chi connectivity index (χ2v) is 18.0. The van der Waals surface area contributed by atoms with E-state index in [1.807, 2.05) is 84.9 Å². The van der Waals surface area contributed by atoms with Crippen LogP contribution in [0.4, 0.5) is 17.1 Å². The van der Waals surface area contributed by atoms with Crippen LogP contribution in [0.3, 0.4) is 0 Å². The lowest BCUT2D eigenvalue weighted by Gasteiger charge is -2.43. The van der Waals surface area contributed by atoms with Gasteiger partial charge in [0.15, 0.2) is 5.69 Å². The van der Waals surface area contributed by atoms with Crippen LogP contribution in [0, 0.1) is 6.57 Å². The van der Waals surface area contributed by atoms with E-state index in [4.69, 9.17) is 76.2 Å². The number of nitrogens with zero attached hydrogens (tertiary/aromatic N) is 8. The number of benzene rings is 6. The minimum Gasteiger partial charge on any atom is -0.361 e. The largest absolute Gasteiger partial charge is 0.361 e. The number of hydrogen-bond donors (Lipinski definition) is 1. The van der Waals surface area contributed by atoms with Crippen molar-refractivity contribution < 1.29 is 0 Å². The smallest absolute Gasteiger partial charge is 0.204 e. The summed E-state index contributed by atoms with van der Waals surface area (Å²) in [7, 11) is 0. The van der Waals surface area contributed by atoms with Crippen LogP contribution in [0.2, 0.25) is 30.1 Å². The summed E-state index contributed by atoms with van der Waals surface area (Å²) in [6.07, 6.45) is 0. The van der Waals surface area contributed by atoms with E-state index in [1.165, 1.54) is 22.3 Å². The molecule has 2 aliphatic heterocycles. The standard InChI is InChI=1S/C24H21Cl3N6.C24H20Cl3N3/c25-19-7-5-17(6-8-19)23-15-32(11-12-33(23)22-10-9-20(26)13-21(22)27)14-16-1-3-18(4-2-16)24-28-30-31-29-24;1-28-21-9-2-17(3-10-21)15-29-12-13-30(23-11-8-20(26)14-22(23)27)24(16-29)18-4-6-19(25)7-5-18/h1-10,13,23H,11-12,14-15H2,(H,28,29,30,31);2-11,14,24H,12-13,15-16H2/t23-;24-/m00/s1. The highest BCUT2D eigenvalue weighted by atomic mass is 35.5. The molecule has 7 aromatic rings. The summed E-state index contributed by atoms with van der Waals surface area (Å²) in [5, 5.41) is 18.2. The van der Waals surface area contributed by atoms with E-state index in [0.29, 0.717) is 31.6 Å². The summed E-state index contributed by atoms with van der Waals surface area (Å²) in [6, 6.07) is 43.8. The number of anilines is 2. The van der Waals surface area contributed by atoms with Crippen molar-refractivity contribution in [2.24, 2.45) is 0 Å². The van der Waals surface area contributed by atoms with Gasteiger partial charge in [0.05, 0.1) is 40.1 Å². The van der Waals surface area contributed by atoms with Crippen molar-refractivity contribution in [1.82, 2.24) is 30.4 Å². The number of tetrazole rings is 1. The Morgan fingerprint density at radius 1 is 0.540 bits per heavy atom. The maximum atomic E-state index is 7.12. The van der Waals surface area contributed by atoms with Gasteiger partial charge < -0.3 is 9.80 Å². The highest BCUT2D eigenvalue weighted by molar-refractivity contribution is 6.37. The normalized spacial score (nSPS) is 16.9. The summed E-state index contributed by atoms with van der Waals surface area (Å²) in [5.41, 5.74) is 8.41. The molecule has 2 saturated heterocycles. The molecule has 0 saturated carbocycles. The van der Waals surface area contributed by atoms with E-state index in [0.717, 1.165) is 79.3 Å². The van der Waals surface area contributed by atoms with Crippen molar-refractivity contribution in [1.29, 1.82) is 0 Å². The van der Waals surface area contributed by atoms with Crippen molar-refractivity contribution in [3.63, 3.8) is 0 Å². The highest BCUT2D eigenvalue weighted by Gasteiger charge is 2.31. The van der Waals surface area contributed by atoms with Crippen molar-refractivity contribution in [3.05, 3.63) is 197 Å². The number of H-pyrrole nitrogens is 1. The molecule has 1 aromatic heterocycles. The van der Waals surface area contributed by atoms with Gasteiger partial charge in [0.2, 0.25) is 5.82 Å². The van der Waals surface area contributed by atoms with Crippen LogP contribution in [-0.4, -0.2) is 69.7 Å². The second-order valence-electron chi connectivity index (χ2n) is 15.4. The molecule has 0 amide bonds. The van der Waals surface area contributed by atoms with Gasteiger partial charge in [0.25, 0.3) is 0 Å². The summed E-state index contributed by atoms with van der Waals surface area (Å²) in [6.45, 7) is 14.0. The Labute approximate surface area is 397 Å². The van der Waals surface area contributed by atoms with E-state index in [1.54, 1.807) is 12.1 Å². The topological polar surface area (TPSA) is 71.8 Å². The lowest BCUT2D eigenvalue weighted by molar-refractivity contribution is 0.215. The van der Waals surface area contributed by atoms with Gasteiger partial charge in [0.1, 0.15) is 0 Å². The zero-order valence-electron chi connectivity index (χ0n) is 33.9. The predicted molar refractivity (Wildman–Crippen MR) is 259 cm³/mol. The maximum absolute atomic E-state index is 7.12. The molecule has 9 rings (SSSR count). The number of hydrogen-bond acceptors (Lipinski definition) is 7. The zero-order chi connectivity index (χ0) is 43.9. The maximum Gasteiger partial charge on any atom is 0.204 e. The van der Waals surface area contributed by atoms with Crippen LogP contribution >= 0.6 is 69.6 Å². The monoisotopic (exact) mass is 953 g/mol. The fourth-order valence-electron chi connectivity index (χ4n) is 8.15. The molecule has 0 aliphatic carbocycles. The average Bonchev–Trinajstić information content (AvgIpc) is 3.84. The van der Waals surface area contributed by atoms with Gasteiger partial charge in [-0.1, -0.05) is 142 Å². The van der Waals surface area contributed by atoms with Gasteiger partial charge in [0, 0.05) is 78.0 Å².